The maximum absolute atomic E-state index is 12.1. The zero-order valence-electron chi connectivity index (χ0n) is 12.4. The molecular weight excluding hydrogens is 308 g/mol. The smallest absolute Gasteiger partial charge is 0.250 e. The van der Waals surface area contributed by atoms with Gasteiger partial charge in [0.2, 0.25) is 10.0 Å². The zero-order valence-corrected chi connectivity index (χ0v) is 14.1. The molecule has 0 saturated heterocycles. The summed E-state index contributed by atoms with van der Waals surface area (Å²) < 4.78 is 32.5. The van der Waals surface area contributed by atoms with Crippen LogP contribution in [0.1, 0.15) is 38.2 Å². The summed E-state index contributed by atoms with van der Waals surface area (Å²) in [5.74, 6) is 0. The number of thiophene rings is 1. The van der Waals surface area contributed by atoms with Crippen molar-refractivity contribution in [2.75, 3.05) is 19.8 Å². The third kappa shape index (κ3) is 6.04. The van der Waals surface area contributed by atoms with Crippen LogP contribution in [0.3, 0.4) is 0 Å². The maximum atomic E-state index is 12.1. The van der Waals surface area contributed by atoms with Crippen molar-refractivity contribution in [3.05, 3.63) is 17.0 Å². The summed E-state index contributed by atoms with van der Waals surface area (Å²) in [4.78, 5) is 0. The molecule has 0 bridgehead atoms. The van der Waals surface area contributed by atoms with E-state index in [1.807, 2.05) is 5.38 Å². The minimum Gasteiger partial charge on any atom is -0.380 e. The van der Waals surface area contributed by atoms with Gasteiger partial charge in [0, 0.05) is 25.7 Å². The van der Waals surface area contributed by atoms with E-state index in [1.54, 1.807) is 6.07 Å². The molecule has 0 aliphatic heterocycles. The van der Waals surface area contributed by atoms with Gasteiger partial charge in [-0.25, -0.2) is 13.1 Å². The van der Waals surface area contributed by atoms with Gasteiger partial charge < -0.3 is 10.1 Å². The fourth-order valence-electron chi connectivity index (χ4n) is 1.80. The van der Waals surface area contributed by atoms with E-state index >= 15 is 0 Å². The molecule has 1 aromatic heterocycles. The average molecular weight is 332 g/mol. The van der Waals surface area contributed by atoms with Crippen molar-refractivity contribution in [1.29, 1.82) is 0 Å². The lowest BCUT2D eigenvalue weighted by molar-refractivity contribution is 0.136. The predicted molar refractivity (Wildman–Crippen MR) is 85.1 cm³/mol. The van der Waals surface area contributed by atoms with Crippen LogP contribution in [-0.2, 0) is 21.3 Å². The molecule has 0 amide bonds. The Hall–Kier alpha value is -0.470. The van der Waals surface area contributed by atoms with Gasteiger partial charge in [0.1, 0.15) is 4.21 Å². The van der Waals surface area contributed by atoms with Crippen molar-refractivity contribution in [3.8, 4) is 0 Å². The summed E-state index contributed by atoms with van der Waals surface area (Å²) in [5, 5.41) is 5.29. The van der Waals surface area contributed by atoms with Gasteiger partial charge in [-0.15, -0.1) is 11.3 Å². The highest BCUT2D eigenvalue weighted by molar-refractivity contribution is 7.91. The second kappa shape index (κ2) is 8.24. The molecule has 0 radical (unpaired) electrons. The molecule has 0 aromatic carbocycles. The molecule has 1 saturated carbocycles. The van der Waals surface area contributed by atoms with Crippen LogP contribution in [0.5, 0.6) is 0 Å². The number of nitrogens with one attached hydrogen (secondary N) is 2. The van der Waals surface area contributed by atoms with E-state index in [0.717, 1.165) is 24.9 Å². The second-order valence-electron chi connectivity index (χ2n) is 5.29. The largest absolute Gasteiger partial charge is 0.380 e. The fraction of sp³-hybridized carbons (Fsp3) is 0.714. The molecule has 2 N–H and O–H groups in total. The van der Waals surface area contributed by atoms with Crippen LogP contribution in [0.4, 0.5) is 0 Å². The molecule has 0 atom stereocenters. The summed E-state index contributed by atoms with van der Waals surface area (Å²) in [7, 11) is -3.39. The summed E-state index contributed by atoms with van der Waals surface area (Å²) in [5.41, 5.74) is 1.03. The Morgan fingerprint density at radius 3 is 2.90 bits per heavy atom. The molecule has 1 aliphatic rings. The molecule has 2 rings (SSSR count). The number of hydrogen-bond acceptors (Lipinski definition) is 5. The molecule has 0 unspecified atom stereocenters. The van der Waals surface area contributed by atoms with Crippen LogP contribution in [0.2, 0.25) is 0 Å². The number of rotatable bonds is 11. The first-order valence-corrected chi connectivity index (χ1v) is 9.86. The molecule has 1 heterocycles. The van der Waals surface area contributed by atoms with Crippen molar-refractivity contribution in [2.45, 2.75) is 49.4 Å². The zero-order chi connectivity index (χ0) is 15.1. The first kappa shape index (κ1) is 16.9. The molecule has 120 valence electrons. The Kier molecular flexibility index (Phi) is 6.63. The van der Waals surface area contributed by atoms with E-state index in [-0.39, 0.29) is 0 Å². The number of ether oxygens (including phenoxy) is 1. The Labute approximate surface area is 131 Å². The van der Waals surface area contributed by atoms with Gasteiger partial charge in [0.05, 0.1) is 6.61 Å². The Morgan fingerprint density at radius 1 is 1.38 bits per heavy atom. The van der Waals surface area contributed by atoms with Crippen molar-refractivity contribution in [2.24, 2.45) is 0 Å². The first-order chi connectivity index (χ1) is 10.1. The van der Waals surface area contributed by atoms with Crippen LogP contribution in [0.15, 0.2) is 15.7 Å². The van der Waals surface area contributed by atoms with Crippen LogP contribution in [0.25, 0.3) is 0 Å². The monoisotopic (exact) mass is 332 g/mol. The van der Waals surface area contributed by atoms with Gasteiger partial charge in [-0.1, -0.05) is 13.3 Å². The van der Waals surface area contributed by atoms with E-state index in [9.17, 15) is 8.42 Å². The van der Waals surface area contributed by atoms with Crippen LogP contribution < -0.4 is 10.0 Å². The van der Waals surface area contributed by atoms with E-state index in [1.165, 1.54) is 24.2 Å². The molecule has 1 aromatic rings. The van der Waals surface area contributed by atoms with Gasteiger partial charge in [0.15, 0.2) is 0 Å². The minimum atomic E-state index is -3.39. The van der Waals surface area contributed by atoms with Crippen LogP contribution in [0, 0.1) is 0 Å². The highest BCUT2D eigenvalue weighted by Crippen LogP contribution is 2.22. The van der Waals surface area contributed by atoms with E-state index in [4.69, 9.17) is 4.74 Å². The average Bonchev–Trinajstić information content (AvgIpc) is 3.16. The van der Waals surface area contributed by atoms with Crippen molar-refractivity contribution in [1.82, 2.24) is 10.0 Å². The third-order valence-corrected chi connectivity index (χ3v) is 6.20. The molecular formula is C14H24N2O3S2. The van der Waals surface area contributed by atoms with Crippen molar-refractivity contribution in [3.63, 3.8) is 0 Å². The normalized spacial score (nSPS) is 15.5. The second-order valence-corrected chi connectivity index (χ2v) is 8.20. The highest BCUT2D eigenvalue weighted by Gasteiger charge is 2.21. The Morgan fingerprint density at radius 2 is 2.19 bits per heavy atom. The topological polar surface area (TPSA) is 67.4 Å². The molecule has 0 spiro atoms. The Balaban J connectivity index is 1.73. The molecule has 1 fully saturated rings. The lowest BCUT2D eigenvalue weighted by atomic mass is 10.3. The Bertz CT molecular complexity index is 524. The first-order valence-electron chi connectivity index (χ1n) is 7.50. The molecule has 21 heavy (non-hydrogen) atoms. The lowest BCUT2D eigenvalue weighted by Crippen LogP contribution is -2.27. The van der Waals surface area contributed by atoms with Gasteiger partial charge in [-0.3, -0.25) is 0 Å². The predicted octanol–water partition coefficient (Wildman–Crippen LogP) is 2.10. The van der Waals surface area contributed by atoms with Gasteiger partial charge >= 0.3 is 0 Å². The summed E-state index contributed by atoms with van der Waals surface area (Å²) in [6.07, 6.45) is 4.55. The number of unbranched alkanes of at least 4 members (excludes halogenated alkanes) is 1. The maximum Gasteiger partial charge on any atom is 0.250 e. The van der Waals surface area contributed by atoms with E-state index < -0.39 is 10.0 Å². The van der Waals surface area contributed by atoms with Gasteiger partial charge in [0.25, 0.3) is 0 Å². The van der Waals surface area contributed by atoms with Crippen molar-refractivity contribution < 1.29 is 13.2 Å². The lowest BCUT2D eigenvalue weighted by Gasteiger charge is -2.05. The fourth-order valence-corrected chi connectivity index (χ4v) is 4.07. The van der Waals surface area contributed by atoms with E-state index in [2.05, 4.69) is 17.0 Å². The quantitative estimate of drug-likeness (QED) is 0.609. The van der Waals surface area contributed by atoms with Gasteiger partial charge in [-0.2, -0.15) is 0 Å². The standard InChI is InChI=1S/C14H24N2O3S2/c1-2-3-7-19-8-6-16-21(17,18)14-9-12(11-20-14)10-15-13-4-5-13/h9,11,13,15-16H,2-8,10H2,1H3. The third-order valence-electron chi connectivity index (χ3n) is 3.25. The number of hydrogen-bond donors (Lipinski definition) is 2. The summed E-state index contributed by atoms with van der Waals surface area (Å²) in [6, 6.07) is 2.38. The molecule has 7 heteroatoms. The number of sulfonamides is 1. The van der Waals surface area contributed by atoms with Crippen molar-refractivity contribution >= 4 is 21.4 Å². The summed E-state index contributed by atoms with van der Waals surface area (Å²) >= 11 is 1.27. The van der Waals surface area contributed by atoms with E-state index in [0.29, 0.717) is 30.0 Å². The minimum absolute atomic E-state index is 0.319. The SMILES string of the molecule is CCCCOCCNS(=O)(=O)c1cc(CNC2CC2)cs1. The van der Waals surface area contributed by atoms with Crippen LogP contribution >= 0.6 is 11.3 Å². The molecule has 5 nitrogen and oxygen atoms in total. The van der Waals surface area contributed by atoms with Gasteiger partial charge in [-0.05, 0) is 36.3 Å². The molecule has 1 aliphatic carbocycles. The highest BCUT2D eigenvalue weighted by atomic mass is 32.2. The van der Waals surface area contributed by atoms with Crippen LogP contribution in [-0.4, -0.2) is 34.2 Å². The summed E-state index contributed by atoms with van der Waals surface area (Å²) in [6.45, 7) is 4.27.